The maximum Gasteiger partial charge on any atom is 0.338 e. The van der Waals surface area contributed by atoms with Gasteiger partial charge in [-0.15, -0.1) is 0 Å². The lowest BCUT2D eigenvalue weighted by molar-refractivity contribution is 0.0526. The van der Waals surface area contributed by atoms with Gasteiger partial charge in [-0.05, 0) is 50.3 Å². The number of esters is 1. The van der Waals surface area contributed by atoms with Gasteiger partial charge in [0.05, 0.1) is 23.5 Å². The van der Waals surface area contributed by atoms with Gasteiger partial charge in [0.1, 0.15) is 0 Å². The van der Waals surface area contributed by atoms with Crippen LogP contribution in [0.1, 0.15) is 43.5 Å². The van der Waals surface area contributed by atoms with Crippen molar-refractivity contribution in [1.82, 2.24) is 0 Å². The van der Waals surface area contributed by atoms with Gasteiger partial charge < -0.3 is 15.4 Å². The number of rotatable bonds is 7. The molecular formula is C16H24N2O2. The number of benzene rings is 1. The third-order valence-electron chi connectivity index (χ3n) is 3.55. The van der Waals surface area contributed by atoms with Gasteiger partial charge >= 0.3 is 5.97 Å². The van der Waals surface area contributed by atoms with E-state index in [0.29, 0.717) is 17.9 Å². The second-order valence-electron chi connectivity index (χ2n) is 5.38. The van der Waals surface area contributed by atoms with E-state index in [1.165, 1.54) is 12.8 Å². The molecule has 20 heavy (non-hydrogen) atoms. The molecule has 1 aromatic rings. The van der Waals surface area contributed by atoms with E-state index in [1.807, 2.05) is 6.07 Å². The van der Waals surface area contributed by atoms with Crippen LogP contribution in [0.4, 0.5) is 11.4 Å². The molecule has 0 radical (unpaired) electrons. The number of nitrogens with two attached hydrogens (primary N) is 1. The highest BCUT2D eigenvalue weighted by molar-refractivity contribution is 5.92. The summed E-state index contributed by atoms with van der Waals surface area (Å²) in [5.41, 5.74) is 8.35. The van der Waals surface area contributed by atoms with E-state index in [2.05, 4.69) is 11.8 Å². The molecule has 1 aromatic carbocycles. The molecule has 2 N–H and O–H groups in total. The van der Waals surface area contributed by atoms with Crippen LogP contribution in [0.5, 0.6) is 0 Å². The molecule has 1 fully saturated rings. The van der Waals surface area contributed by atoms with Gasteiger partial charge in [-0.1, -0.05) is 6.92 Å². The summed E-state index contributed by atoms with van der Waals surface area (Å²) < 4.78 is 5.00. The maximum absolute atomic E-state index is 11.7. The highest BCUT2D eigenvalue weighted by Gasteiger charge is 2.25. The molecule has 1 aliphatic carbocycles. The normalized spacial score (nSPS) is 14.1. The second kappa shape index (κ2) is 6.64. The average Bonchev–Trinajstić information content (AvgIpc) is 3.22. The largest absolute Gasteiger partial charge is 0.462 e. The summed E-state index contributed by atoms with van der Waals surface area (Å²) in [6.07, 6.45) is 3.73. The number of ether oxygens (including phenoxy) is 1. The number of hydrogen-bond donors (Lipinski definition) is 1. The third kappa shape index (κ3) is 3.65. The monoisotopic (exact) mass is 276 g/mol. The van der Waals surface area contributed by atoms with Gasteiger partial charge in [-0.25, -0.2) is 4.79 Å². The fourth-order valence-corrected chi connectivity index (χ4v) is 2.38. The lowest BCUT2D eigenvalue weighted by Crippen LogP contribution is -2.27. The van der Waals surface area contributed by atoms with Crippen LogP contribution in [0.25, 0.3) is 0 Å². The highest BCUT2D eigenvalue weighted by atomic mass is 16.5. The van der Waals surface area contributed by atoms with Crippen molar-refractivity contribution in [2.24, 2.45) is 5.92 Å². The molecule has 2 rings (SSSR count). The number of nitrogen functional groups attached to an aromatic ring is 1. The Kier molecular flexibility index (Phi) is 4.88. The molecule has 0 aromatic heterocycles. The number of hydrogen-bond acceptors (Lipinski definition) is 4. The Labute approximate surface area is 120 Å². The van der Waals surface area contributed by atoms with Crippen molar-refractivity contribution in [1.29, 1.82) is 0 Å². The fourth-order valence-electron chi connectivity index (χ4n) is 2.38. The zero-order valence-electron chi connectivity index (χ0n) is 12.4. The molecule has 1 saturated carbocycles. The van der Waals surface area contributed by atoms with E-state index < -0.39 is 0 Å². The Balaban J connectivity index is 2.15. The summed E-state index contributed by atoms with van der Waals surface area (Å²) in [4.78, 5) is 14.0. The second-order valence-corrected chi connectivity index (χ2v) is 5.38. The maximum atomic E-state index is 11.7. The molecule has 0 bridgehead atoms. The van der Waals surface area contributed by atoms with E-state index in [1.54, 1.807) is 19.1 Å². The molecule has 0 aliphatic heterocycles. The zero-order valence-corrected chi connectivity index (χ0v) is 12.4. The van der Waals surface area contributed by atoms with Gasteiger partial charge in [0, 0.05) is 13.1 Å². The van der Waals surface area contributed by atoms with Crippen molar-refractivity contribution in [3.63, 3.8) is 0 Å². The number of nitrogens with zero attached hydrogens (tertiary/aromatic N) is 1. The molecule has 0 amide bonds. The minimum atomic E-state index is -0.310. The van der Waals surface area contributed by atoms with Crippen LogP contribution in [-0.4, -0.2) is 25.7 Å². The molecule has 0 heterocycles. The van der Waals surface area contributed by atoms with Gasteiger partial charge in [-0.3, -0.25) is 0 Å². The van der Waals surface area contributed by atoms with Gasteiger partial charge in [0.15, 0.2) is 0 Å². The SMILES string of the molecule is CCCN(CC1CC1)c1ccc(C(=O)OCC)cc1N. The van der Waals surface area contributed by atoms with Crippen LogP contribution in [0, 0.1) is 5.92 Å². The van der Waals surface area contributed by atoms with Crippen molar-refractivity contribution >= 4 is 17.3 Å². The number of anilines is 2. The zero-order chi connectivity index (χ0) is 14.5. The summed E-state index contributed by atoms with van der Waals surface area (Å²) in [7, 11) is 0. The Morgan fingerprint density at radius 1 is 1.40 bits per heavy atom. The average molecular weight is 276 g/mol. The summed E-state index contributed by atoms with van der Waals surface area (Å²) in [6.45, 7) is 6.41. The predicted octanol–water partition coefficient (Wildman–Crippen LogP) is 3.07. The summed E-state index contributed by atoms with van der Waals surface area (Å²) in [5.74, 6) is 0.501. The molecule has 0 spiro atoms. The smallest absolute Gasteiger partial charge is 0.338 e. The standard InChI is InChI=1S/C16H24N2O2/c1-3-9-18(11-12-5-6-12)15-8-7-13(10-14(15)17)16(19)20-4-2/h7-8,10,12H,3-6,9,11,17H2,1-2H3. The number of carbonyl (C=O) groups is 1. The van der Waals surface area contributed by atoms with E-state index in [0.717, 1.165) is 31.1 Å². The lowest BCUT2D eigenvalue weighted by atomic mass is 10.1. The van der Waals surface area contributed by atoms with Gasteiger partial charge in [0.25, 0.3) is 0 Å². The minimum Gasteiger partial charge on any atom is -0.462 e. The van der Waals surface area contributed by atoms with Gasteiger partial charge in [0.2, 0.25) is 0 Å². The van der Waals surface area contributed by atoms with Crippen molar-refractivity contribution < 1.29 is 9.53 Å². The predicted molar refractivity (Wildman–Crippen MR) is 82.0 cm³/mol. The van der Waals surface area contributed by atoms with Crippen LogP contribution in [0.15, 0.2) is 18.2 Å². The summed E-state index contributed by atoms with van der Waals surface area (Å²) in [5, 5.41) is 0. The van der Waals surface area contributed by atoms with Crippen LogP contribution >= 0.6 is 0 Å². The van der Waals surface area contributed by atoms with Crippen LogP contribution in [0.3, 0.4) is 0 Å². The van der Waals surface area contributed by atoms with E-state index in [-0.39, 0.29) is 5.97 Å². The molecule has 0 unspecified atom stereocenters. The first-order valence-electron chi connectivity index (χ1n) is 7.47. The Hall–Kier alpha value is -1.71. The molecule has 110 valence electrons. The van der Waals surface area contributed by atoms with Crippen molar-refractivity contribution in [2.75, 3.05) is 30.3 Å². The van der Waals surface area contributed by atoms with E-state index >= 15 is 0 Å². The molecule has 4 heteroatoms. The summed E-state index contributed by atoms with van der Waals surface area (Å²) in [6, 6.07) is 5.47. The first-order valence-corrected chi connectivity index (χ1v) is 7.47. The van der Waals surface area contributed by atoms with Crippen LogP contribution < -0.4 is 10.6 Å². The first-order chi connectivity index (χ1) is 9.65. The third-order valence-corrected chi connectivity index (χ3v) is 3.55. The van der Waals surface area contributed by atoms with Crippen LogP contribution in [0.2, 0.25) is 0 Å². The van der Waals surface area contributed by atoms with Crippen LogP contribution in [-0.2, 0) is 4.74 Å². The van der Waals surface area contributed by atoms with Gasteiger partial charge in [-0.2, -0.15) is 0 Å². The Morgan fingerprint density at radius 3 is 2.70 bits per heavy atom. The minimum absolute atomic E-state index is 0.310. The van der Waals surface area contributed by atoms with Crippen molar-refractivity contribution in [3.8, 4) is 0 Å². The van der Waals surface area contributed by atoms with Crippen molar-refractivity contribution in [3.05, 3.63) is 23.8 Å². The molecule has 1 aliphatic rings. The summed E-state index contributed by atoms with van der Waals surface area (Å²) >= 11 is 0. The van der Waals surface area contributed by atoms with E-state index in [9.17, 15) is 4.79 Å². The lowest BCUT2D eigenvalue weighted by Gasteiger charge is -2.26. The van der Waals surface area contributed by atoms with Crippen molar-refractivity contribution in [2.45, 2.75) is 33.1 Å². The highest BCUT2D eigenvalue weighted by Crippen LogP contribution is 2.33. The quantitative estimate of drug-likeness (QED) is 0.614. The number of carbonyl (C=O) groups excluding carboxylic acids is 1. The fraction of sp³-hybridized carbons (Fsp3) is 0.562. The molecule has 4 nitrogen and oxygen atoms in total. The Bertz CT molecular complexity index is 470. The first kappa shape index (κ1) is 14.7. The molecule has 0 atom stereocenters. The molecular weight excluding hydrogens is 252 g/mol. The molecule has 0 saturated heterocycles. The van der Waals surface area contributed by atoms with E-state index in [4.69, 9.17) is 10.5 Å². The Morgan fingerprint density at radius 2 is 2.15 bits per heavy atom. The topological polar surface area (TPSA) is 55.6 Å².